The number of ketones is 1. The van der Waals surface area contributed by atoms with Crippen molar-refractivity contribution in [2.45, 2.75) is 0 Å². The van der Waals surface area contributed by atoms with Gasteiger partial charge in [-0.25, -0.2) is 9.59 Å². The molecule has 0 aromatic heterocycles. The highest BCUT2D eigenvalue weighted by atomic mass is 16.4. The van der Waals surface area contributed by atoms with Crippen molar-refractivity contribution < 1.29 is 24.6 Å². The van der Waals surface area contributed by atoms with Crippen LogP contribution < -0.4 is 0 Å². The Bertz CT molecular complexity index is 279. The molecule has 13 heavy (non-hydrogen) atoms. The molecule has 0 aromatic rings. The molecule has 0 spiro atoms. The summed E-state index contributed by atoms with van der Waals surface area (Å²) in [6.07, 6.45) is 0.943. The van der Waals surface area contributed by atoms with Crippen molar-refractivity contribution in [1.29, 1.82) is 0 Å². The highest BCUT2D eigenvalue weighted by molar-refractivity contribution is 6.45. The molecule has 0 unspecified atom stereocenters. The van der Waals surface area contributed by atoms with Gasteiger partial charge in [0.1, 0.15) is 5.57 Å². The summed E-state index contributed by atoms with van der Waals surface area (Å²) < 4.78 is 0. The van der Waals surface area contributed by atoms with E-state index in [1.807, 2.05) is 0 Å². The van der Waals surface area contributed by atoms with E-state index in [0.717, 1.165) is 6.20 Å². The Morgan fingerprint density at radius 3 is 1.77 bits per heavy atom. The van der Waals surface area contributed by atoms with E-state index in [9.17, 15) is 14.4 Å². The monoisotopic (exact) mass is 187 g/mol. The number of carbonyl (C=O) groups excluding carboxylic acids is 1. The van der Waals surface area contributed by atoms with E-state index in [4.69, 9.17) is 10.2 Å². The lowest BCUT2D eigenvalue weighted by Gasteiger charge is -2.05. The van der Waals surface area contributed by atoms with Crippen LogP contribution in [0.3, 0.4) is 0 Å². The molecule has 0 radical (unpaired) electrons. The van der Waals surface area contributed by atoms with E-state index in [1.54, 1.807) is 0 Å². The van der Waals surface area contributed by atoms with Crippen LogP contribution >= 0.6 is 0 Å². The molecule has 0 aliphatic heterocycles. The van der Waals surface area contributed by atoms with Gasteiger partial charge in [-0.3, -0.25) is 4.79 Å². The number of carboxylic acid groups (broad SMARTS) is 2. The SMILES string of the molecule is CN(C)/C=C(\C(=O)O)C(=O)C(=O)O. The molecule has 0 rings (SSSR count). The lowest BCUT2D eigenvalue weighted by Crippen LogP contribution is -2.22. The quantitative estimate of drug-likeness (QED) is 0.258. The first kappa shape index (κ1) is 11.2. The van der Waals surface area contributed by atoms with Crippen LogP contribution in [-0.4, -0.2) is 46.9 Å². The summed E-state index contributed by atoms with van der Waals surface area (Å²) >= 11 is 0. The van der Waals surface area contributed by atoms with Gasteiger partial charge in [0.05, 0.1) is 0 Å². The summed E-state index contributed by atoms with van der Waals surface area (Å²) in [5.74, 6) is -4.77. The third-order valence-electron chi connectivity index (χ3n) is 1.06. The van der Waals surface area contributed by atoms with Gasteiger partial charge in [0.2, 0.25) is 0 Å². The van der Waals surface area contributed by atoms with E-state index in [-0.39, 0.29) is 0 Å². The van der Waals surface area contributed by atoms with Gasteiger partial charge in [0.25, 0.3) is 5.78 Å². The van der Waals surface area contributed by atoms with Crippen LogP contribution in [0.1, 0.15) is 0 Å². The molecule has 0 amide bonds. The fraction of sp³-hybridized carbons (Fsp3) is 0.286. The highest BCUT2D eigenvalue weighted by Crippen LogP contribution is 1.98. The predicted molar refractivity (Wildman–Crippen MR) is 42.0 cm³/mol. The van der Waals surface area contributed by atoms with E-state index < -0.39 is 23.3 Å². The molecule has 2 N–H and O–H groups in total. The minimum absolute atomic E-state index is 0.766. The van der Waals surface area contributed by atoms with Crippen LogP contribution in [0.2, 0.25) is 0 Å². The molecule has 0 aliphatic carbocycles. The van der Waals surface area contributed by atoms with Gasteiger partial charge < -0.3 is 15.1 Å². The summed E-state index contributed by atoms with van der Waals surface area (Å²) in [4.78, 5) is 32.6. The Kier molecular flexibility index (Phi) is 3.64. The van der Waals surface area contributed by atoms with Crippen molar-refractivity contribution in [3.8, 4) is 0 Å². The van der Waals surface area contributed by atoms with Gasteiger partial charge in [-0.1, -0.05) is 0 Å². The maximum Gasteiger partial charge on any atom is 0.377 e. The first-order chi connectivity index (χ1) is 5.86. The number of hydrogen-bond donors (Lipinski definition) is 2. The van der Waals surface area contributed by atoms with E-state index in [1.165, 1.54) is 19.0 Å². The molecule has 0 heterocycles. The fourth-order valence-electron chi connectivity index (χ4n) is 0.584. The van der Waals surface area contributed by atoms with Crippen molar-refractivity contribution in [2.24, 2.45) is 0 Å². The zero-order valence-electron chi connectivity index (χ0n) is 7.14. The Balaban J connectivity index is 4.94. The van der Waals surface area contributed by atoms with Gasteiger partial charge in [-0.15, -0.1) is 0 Å². The van der Waals surface area contributed by atoms with Gasteiger partial charge in [0, 0.05) is 20.3 Å². The van der Waals surface area contributed by atoms with E-state index >= 15 is 0 Å². The smallest absolute Gasteiger partial charge is 0.377 e. The van der Waals surface area contributed by atoms with Gasteiger partial charge in [-0.05, 0) is 0 Å². The number of aliphatic carboxylic acids is 2. The van der Waals surface area contributed by atoms with Crippen molar-refractivity contribution in [2.75, 3.05) is 14.1 Å². The average Bonchev–Trinajstić information content (AvgIpc) is 1.97. The standard InChI is InChI=1S/C7H9NO5/c1-8(2)3-4(6(10)11)5(9)7(12)13/h3H,1-2H3,(H,10,11)(H,12,13)/b4-3-. The first-order valence-corrected chi connectivity index (χ1v) is 3.25. The molecule has 6 heteroatoms. The average molecular weight is 187 g/mol. The third kappa shape index (κ3) is 3.37. The van der Waals surface area contributed by atoms with Crippen molar-refractivity contribution in [3.63, 3.8) is 0 Å². The van der Waals surface area contributed by atoms with Crippen LogP contribution in [0.25, 0.3) is 0 Å². The summed E-state index contributed by atoms with van der Waals surface area (Å²) in [5.41, 5.74) is -0.766. The molecule has 0 atom stereocenters. The zero-order chi connectivity index (χ0) is 10.6. The van der Waals surface area contributed by atoms with Crippen molar-refractivity contribution in [3.05, 3.63) is 11.8 Å². The summed E-state index contributed by atoms with van der Waals surface area (Å²) in [5, 5.41) is 16.7. The molecule has 0 bridgehead atoms. The van der Waals surface area contributed by atoms with Crippen LogP contribution in [0.4, 0.5) is 0 Å². The van der Waals surface area contributed by atoms with Crippen LogP contribution in [0, 0.1) is 0 Å². The number of hydrogen-bond acceptors (Lipinski definition) is 4. The van der Waals surface area contributed by atoms with Gasteiger partial charge in [0.15, 0.2) is 0 Å². The number of nitrogens with zero attached hydrogens (tertiary/aromatic N) is 1. The minimum Gasteiger partial charge on any atom is -0.477 e. The molecule has 0 saturated heterocycles. The Hall–Kier alpha value is -1.85. The van der Waals surface area contributed by atoms with Crippen LogP contribution in [0.15, 0.2) is 11.8 Å². The molecular formula is C7H9NO5. The second-order valence-electron chi connectivity index (χ2n) is 2.45. The lowest BCUT2D eigenvalue weighted by molar-refractivity contribution is -0.149. The minimum atomic E-state index is -1.78. The number of rotatable bonds is 4. The largest absolute Gasteiger partial charge is 0.477 e. The molecule has 0 aromatic carbocycles. The molecule has 0 aliphatic rings. The maximum absolute atomic E-state index is 10.7. The van der Waals surface area contributed by atoms with Crippen LogP contribution in [-0.2, 0) is 14.4 Å². The highest BCUT2D eigenvalue weighted by Gasteiger charge is 2.23. The molecule has 6 nitrogen and oxygen atoms in total. The van der Waals surface area contributed by atoms with Crippen molar-refractivity contribution in [1.82, 2.24) is 4.90 Å². The third-order valence-corrected chi connectivity index (χ3v) is 1.06. The lowest BCUT2D eigenvalue weighted by atomic mass is 10.2. The molecule has 0 fully saturated rings. The zero-order valence-corrected chi connectivity index (χ0v) is 7.14. The second kappa shape index (κ2) is 4.24. The Morgan fingerprint density at radius 2 is 1.54 bits per heavy atom. The van der Waals surface area contributed by atoms with Crippen molar-refractivity contribution >= 4 is 17.7 Å². The second-order valence-corrected chi connectivity index (χ2v) is 2.45. The number of carbonyl (C=O) groups is 3. The normalized spacial score (nSPS) is 10.8. The number of Topliss-reactive ketones (excluding diaryl/α,β-unsaturated/α-hetero) is 1. The molecule has 0 saturated carbocycles. The summed E-state index contributed by atoms with van der Waals surface area (Å²) in [6, 6.07) is 0. The molecular weight excluding hydrogens is 178 g/mol. The first-order valence-electron chi connectivity index (χ1n) is 3.25. The number of carboxylic acids is 2. The van der Waals surface area contributed by atoms with Crippen LogP contribution in [0.5, 0.6) is 0 Å². The topological polar surface area (TPSA) is 94.9 Å². The Labute approximate surface area is 74.1 Å². The predicted octanol–water partition coefficient (Wildman–Crippen LogP) is -0.830. The fourth-order valence-corrected chi connectivity index (χ4v) is 0.584. The molecule has 72 valence electrons. The van der Waals surface area contributed by atoms with E-state index in [2.05, 4.69) is 0 Å². The summed E-state index contributed by atoms with van der Waals surface area (Å²) in [6.45, 7) is 0. The maximum atomic E-state index is 10.7. The Morgan fingerprint density at radius 1 is 1.08 bits per heavy atom. The van der Waals surface area contributed by atoms with E-state index in [0.29, 0.717) is 0 Å². The van der Waals surface area contributed by atoms with Gasteiger partial charge >= 0.3 is 11.9 Å². The van der Waals surface area contributed by atoms with Gasteiger partial charge in [-0.2, -0.15) is 0 Å². The summed E-state index contributed by atoms with van der Waals surface area (Å²) in [7, 11) is 2.97.